The average molecular weight is 1710 g/mol. The van der Waals surface area contributed by atoms with Crippen LogP contribution >= 0.6 is 0 Å². The number of primary amides is 1. The molecule has 43 nitrogen and oxygen atoms in total. The number of nitrogens with two attached hydrogens (primary N) is 1. The van der Waals surface area contributed by atoms with Gasteiger partial charge in [0.2, 0.25) is 94.5 Å². The van der Waals surface area contributed by atoms with Crippen molar-refractivity contribution in [2.24, 2.45) is 17.6 Å². The number of carbonyl (C=O) groups is 20. The molecule has 0 saturated carbocycles. The molecule has 3 aromatic carbocycles. The first-order chi connectivity index (χ1) is 57.3. The maximum Gasteiger partial charge on any atom is 0.305 e. The number of amides is 16. The Morgan fingerprint density at radius 1 is 0.344 bits per heavy atom. The van der Waals surface area contributed by atoms with E-state index >= 15 is 0 Å². The van der Waals surface area contributed by atoms with Crippen LogP contribution in [-0.2, 0) is 115 Å². The van der Waals surface area contributed by atoms with Crippen molar-refractivity contribution in [1.29, 1.82) is 0 Å². The minimum atomic E-state index is -2.17. The number of hydrogen-bond acceptors (Lipinski definition) is 22. The number of carboxylic acid groups (broad SMARTS) is 4. The van der Waals surface area contributed by atoms with Crippen LogP contribution < -0.4 is 85.5 Å². The molecule has 0 aliphatic rings. The second-order valence-corrected chi connectivity index (χ2v) is 30.0. The Labute approximate surface area is 700 Å². The van der Waals surface area contributed by atoms with Crippen LogP contribution in [0.2, 0.25) is 0 Å². The van der Waals surface area contributed by atoms with Crippen molar-refractivity contribution in [2.45, 2.75) is 230 Å². The van der Waals surface area contributed by atoms with E-state index in [1.54, 1.807) is 113 Å². The lowest BCUT2D eigenvalue weighted by Gasteiger charge is -2.28. The van der Waals surface area contributed by atoms with Crippen LogP contribution in [-0.4, -0.2) is 257 Å². The van der Waals surface area contributed by atoms with Crippen LogP contribution in [0.3, 0.4) is 0 Å². The van der Waals surface area contributed by atoms with Crippen LogP contribution in [0.4, 0.5) is 0 Å². The number of nitrogens with one attached hydrogen (secondary N) is 16. The molecule has 4 rings (SSSR count). The van der Waals surface area contributed by atoms with Gasteiger partial charge >= 0.3 is 23.9 Å². The van der Waals surface area contributed by atoms with Gasteiger partial charge in [-0.1, -0.05) is 107 Å². The number of para-hydroxylation sites is 1. The standard InChI is InChI=1S/C79H109N17O26/c1-37(2)27-51(71(114)83-41(7)69(112)95-59(36-97)65(80)108)88-67(110)40(6)84-73(116)53(29-45-19-13-11-14-20-45)91-74(117)55(31-47-35-81-49-24-18-17-23-48(47)49)93-70(113)50(25-26-60(100)101)87-66(109)39(5)82-72(115)52(28-38(3)4)90-77(120)58(34-63(106)107)94-76(119)57(33-62(104)105)89-68(111)42(8)85-79(122)64(43(9)98)96-78(121)54(30-46-21-15-12-16-22-46)92-75(118)56(32-61(102)103)86-44(10)99/h11-24,35,37-43,50-59,64,81,97-98H,25-34,36H2,1-10H3,(H2,80,108)(H,82,115)(H,83,114)(H,84,116)(H,85,122)(H,86,99)(H,87,109)(H,88,110)(H,89,111)(H,90,120)(H,91,117)(H,92,118)(H,93,113)(H,94,119)(H,95,112)(H,96,121)(H,100,101)(H,102,103)(H,104,105)(H,106,107)/t39-,40-,41-,42-,43+,50-,51-,52-,53-,54-,55-,56-,57-,58-,59-,64-/m0/s1. The number of carboxylic acids is 4. The molecule has 0 unspecified atom stereocenters. The molecule has 0 fully saturated rings. The van der Waals surface area contributed by atoms with E-state index in [0.717, 1.165) is 27.7 Å². The van der Waals surface area contributed by atoms with Crippen molar-refractivity contribution >= 4 is 129 Å². The van der Waals surface area contributed by atoms with E-state index < -0.39 is 260 Å². The van der Waals surface area contributed by atoms with Gasteiger partial charge in [0, 0.05) is 49.7 Å². The smallest absolute Gasteiger partial charge is 0.305 e. The number of aliphatic hydroxyl groups is 2. The zero-order valence-electron chi connectivity index (χ0n) is 68.8. The number of benzene rings is 3. The Bertz CT molecular complexity index is 4390. The Hall–Kier alpha value is -13.5. The SMILES string of the molecule is CC(=O)N[C@@H](CC(=O)O)C(=O)N[C@@H](Cc1ccccc1)C(=O)N[C@H](C(=O)N[C@@H](C)C(=O)N[C@@H](CC(=O)O)C(=O)N[C@@H](CC(=O)O)C(=O)N[C@@H](CC(C)C)C(=O)N[C@@H](C)C(=O)N[C@@H](CCC(=O)O)C(=O)N[C@@H](Cc1c[nH]c2ccccc12)C(=O)N[C@@H](Cc1ccccc1)C(=O)N[C@@H](C)C(=O)N[C@@H](CC(C)C)C(=O)N[C@@H](C)C(=O)N[C@@H](CO)C(N)=O)[C@@H](C)O. The molecule has 1 heterocycles. The van der Waals surface area contributed by atoms with Crippen LogP contribution in [0.25, 0.3) is 10.9 Å². The Morgan fingerprint density at radius 3 is 1.04 bits per heavy atom. The maximum atomic E-state index is 15.0. The Balaban J connectivity index is 1.56. The van der Waals surface area contributed by atoms with E-state index in [-0.39, 0.29) is 38.0 Å². The number of rotatable bonds is 51. The van der Waals surface area contributed by atoms with Crippen molar-refractivity contribution in [2.75, 3.05) is 6.61 Å². The quantitative estimate of drug-likeness (QED) is 0.0196. The van der Waals surface area contributed by atoms with Gasteiger partial charge in [0.1, 0.15) is 90.6 Å². The molecule has 4 aromatic rings. The number of carbonyl (C=O) groups excluding carboxylic acids is 16. The van der Waals surface area contributed by atoms with Crippen LogP contribution in [0.5, 0.6) is 0 Å². The fraction of sp³-hybridized carbons (Fsp3) is 0.494. The highest BCUT2D eigenvalue weighted by molar-refractivity contribution is 6.02. The fourth-order valence-electron chi connectivity index (χ4n) is 12.1. The summed E-state index contributed by atoms with van der Waals surface area (Å²) in [5.74, 6) is -24.8. The highest BCUT2D eigenvalue weighted by Gasteiger charge is 2.40. The molecular formula is C79H109N17O26. The summed E-state index contributed by atoms with van der Waals surface area (Å²) in [5, 5.41) is 95.0. The van der Waals surface area contributed by atoms with Crippen molar-refractivity contribution in [3.63, 3.8) is 0 Å². The number of H-pyrrole nitrogens is 1. The topological polar surface area (TPSA) is 685 Å². The largest absolute Gasteiger partial charge is 0.481 e. The zero-order chi connectivity index (χ0) is 91.5. The first kappa shape index (κ1) is 101. The Kier molecular flexibility index (Phi) is 40.7. The van der Waals surface area contributed by atoms with E-state index in [1.165, 1.54) is 20.0 Å². The molecule has 24 N–H and O–H groups in total. The molecule has 0 bridgehead atoms. The van der Waals surface area contributed by atoms with Crippen molar-refractivity contribution in [3.05, 3.63) is 108 Å². The number of aromatic amines is 1. The molecule has 666 valence electrons. The molecular weight excluding hydrogens is 1600 g/mol. The average Bonchev–Trinajstić information content (AvgIpc) is 1.67. The summed E-state index contributed by atoms with van der Waals surface area (Å²) in [5.41, 5.74) is 7.17. The normalized spacial score (nSPS) is 15.0. The van der Waals surface area contributed by atoms with E-state index in [2.05, 4.69) is 79.4 Å². The first-order valence-corrected chi connectivity index (χ1v) is 38.9. The van der Waals surface area contributed by atoms with Crippen LogP contribution in [0, 0.1) is 11.8 Å². The molecule has 0 aliphatic carbocycles. The van der Waals surface area contributed by atoms with Crippen LogP contribution in [0.1, 0.15) is 131 Å². The lowest BCUT2D eigenvalue weighted by Crippen LogP contribution is -2.62. The fourth-order valence-corrected chi connectivity index (χ4v) is 12.1. The zero-order valence-corrected chi connectivity index (χ0v) is 68.8. The summed E-state index contributed by atoms with van der Waals surface area (Å²) < 4.78 is 0. The molecule has 1 aromatic heterocycles. The summed E-state index contributed by atoms with van der Waals surface area (Å²) >= 11 is 0. The lowest BCUT2D eigenvalue weighted by molar-refractivity contribution is -0.143. The minimum absolute atomic E-state index is 0.0187. The van der Waals surface area contributed by atoms with E-state index in [9.17, 15) is 127 Å². The number of hydrogen-bond donors (Lipinski definition) is 23. The monoisotopic (exact) mass is 1710 g/mol. The molecule has 16 atom stereocenters. The third-order valence-electron chi connectivity index (χ3n) is 18.5. The van der Waals surface area contributed by atoms with Gasteiger partial charge in [0.05, 0.1) is 32.0 Å². The summed E-state index contributed by atoms with van der Waals surface area (Å²) in [7, 11) is 0. The number of aliphatic carboxylic acids is 4. The number of fused-ring (bicyclic) bond motifs is 1. The second kappa shape index (κ2) is 49.2. The maximum absolute atomic E-state index is 15.0. The molecule has 43 heteroatoms. The molecule has 0 spiro atoms. The third kappa shape index (κ3) is 34.5. The van der Waals surface area contributed by atoms with Gasteiger partial charge in [-0.15, -0.1) is 0 Å². The number of aliphatic hydroxyl groups excluding tert-OH is 2. The predicted molar refractivity (Wildman–Crippen MR) is 430 cm³/mol. The van der Waals surface area contributed by atoms with Gasteiger partial charge in [0.15, 0.2) is 0 Å². The van der Waals surface area contributed by atoms with Gasteiger partial charge in [0.25, 0.3) is 0 Å². The molecule has 122 heavy (non-hydrogen) atoms. The summed E-state index contributed by atoms with van der Waals surface area (Å²) in [6.07, 6.45) is -6.21. The summed E-state index contributed by atoms with van der Waals surface area (Å²) in [4.78, 5) is 271. The number of aromatic nitrogens is 1. The lowest BCUT2D eigenvalue weighted by atomic mass is 10.0. The molecule has 16 amide bonds. The van der Waals surface area contributed by atoms with Crippen molar-refractivity contribution < 1.29 is 127 Å². The summed E-state index contributed by atoms with van der Waals surface area (Å²) in [6, 6.07) is -2.29. The highest BCUT2D eigenvalue weighted by atomic mass is 16.4. The van der Waals surface area contributed by atoms with E-state index in [4.69, 9.17) is 5.73 Å². The summed E-state index contributed by atoms with van der Waals surface area (Å²) in [6.45, 7) is 12.6. The van der Waals surface area contributed by atoms with Gasteiger partial charge in [-0.2, -0.15) is 0 Å². The van der Waals surface area contributed by atoms with Crippen molar-refractivity contribution in [3.8, 4) is 0 Å². The molecule has 0 aliphatic heterocycles. The van der Waals surface area contributed by atoms with Crippen molar-refractivity contribution in [1.82, 2.24) is 84.7 Å². The van der Waals surface area contributed by atoms with Gasteiger partial charge in [-0.25, -0.2) is 0 Å². The second-order valence-electron chi connectivity index (χ2n) is 30.0. The molecule has 0 saturated heterocycles. The molecule has 0 radical (unpaired) electrons. The predicted octanol–water partition coefficient (Wildman–Crippen LogP) is -5.19. The van der Waals surface area contributed by atoms with Gasteiger partial charge in [-0.05, 0) is 88.5 Å². The third-order valence-corrected chi connectivity index (χ3v) is 18.5. The Morgan fingerprint density at radius 2 is 0.656 bits per heavy atom. The van der Waals surface area contributed by atoms with Gasteiger partial charge in [-0.3, -0.25) is 95.9 Å². The van der Waals surface area contributed by atoms with E-state index in [0.29, 0.717) is 27.6 Å². The highest BCUT2D eigenvalue weighted by Crippen LogP contribution is 2.21. The minimum Gasteiger partial charge on any atom is -0.481 e. The van der Waals surface area contributed by atoms with Crippen LogP contribution in [0.15, 0.2) is 91.1 Å². The van der Waals surface area contributed by atoms with E-state index in [1.807, 2.05) is 5.32 Å². The van der Waals surface area contributed by atoms with Gasteiger partial charge < -0.3 is 121 Å². The first-order valence-electron chi connectivity index (χ1n) is 38.9.